The molecule has 1 saturated carbocycles. The first-order valence-electron chi connectivity index (χ1n) is 10.1. The Kier molecular flexibility index (Phi) is 7.02. The summed E-state index contributed by atoms with van der Waals surface area (Å²) in [5, 5.41) is 3.13. The molecule has 1 atom stereocenters. The summed E-state index contributed by atoms with van der Waals surface area (Å²) in [7, 11) is -0.651. The van der Waals surface area contributed by atoms with Gasteiger partial charge in [-0.05, 0) is 31.9 Å². The molecule has 1 saturated heterocycles. The SMILES string of the molecule is COc1ccc(S(=O)(=O)N2CCN([C@H](C)C(=O)NC3CCCC3)CC2)cc1OC. The third kappa shape index (κ3) is 4.84. The van der Waals surface area contributed by atoms with Crippen molar-refractivity contribution in [3.63, 3.8) is 0 Å². The van der Waals surface area contributed by atoms with E-state index < -0.39 is 10.0 Å². The summed E-state index contributed by atoms with van der Waals surface area (Å²) < 4.78 is 37.9. The Labute approximate surface area is 173 Å². The van der Waals surface area contributed by atoms with E-state index in [0.717, 1.165) is 12.8 Å². The second-order valence-corrected chi connectivity index (χ2v) is 9.56. The predicted octanol–water partition coefficient (Wildman–Crippen LogP) is 1.46. The van der Waals surface area contributed by atoms with E-state index in [4.69, 9.17) is 9.47 Å². The van der Waals surface area contributed by atoms with Crippen molar-refractivity contribution in [2.75, 3.05) is 40.4 Å². The molecule has 162 valence electrons. The summed E-state index contributed by atoms with van der Waals surface area (Å²) in [6.07, 6.45) is 4.45. The second kappa shape index (κ2) is 9.32. The molecule has 1 amide bonds. The molecule has 2 fully saturated rings. The Morgan fingerprint density at radius 3 is 2.28 bits per heavy atom. The fourth-order valence-electron chi connectivity index (χ4n) is 4.02. The topological polar surface area (TPSA) is 88.2 Å². The monoisotopic (exact) mass is 425 g/mol. The number of amides is 1. The third-order valence-electron chi connectivity index (χ3n) is 5.89. The van der Waals surface area contributed by atoms with E-state index in [1.807, 2.05) is 11.8 Å². The van der Waals surface area contributed by atoms with Crippen molar-refractivity contribution in [3.05, 3.63) is 18.2 Å². The largest absolute Gasteiger partial charge is 0.493 e. The van der Waals surface area contributed by atoms with Gasteiger partial charge in [0.1, 0.15) is 0 Å². The number of hydrogen-bond donors (Lipinski definition) is 1. The molecule has 0 spiro atoms. The summed E-state index contributed by atoms with van der Waals surface area (Å²) >= 11 is 0. The van der Waals surface area contributed by atoms with Gasteiger partial charge in [-0.15, -0.1) is 0 Å². The average molecular weight is 426 g/mol. The van der Waals surface area contributed by atoms with E-state index in [1.165, 1.54) is 43.5 Å². The van der Waals surface area contributed by atoms with Crippen molar-refractivity contribution in [3.8, 4) is 11.5 Å². The van der Waals surface area contributed by atoms with Gasteiger partial charge in [0.05, 0.1) is 25.2 Å². The number of nitrogens with one attached hydrogen (secondary N) is 1. The molecule has 1 aromatic rings. The number of ether oxygens (including phenoxy) is 2. The molecule has 1 aliphatic carbocycles. The van der Waals surface area contributed by atoms with Gasteiger partial charge in [0.25, 0.3) is 0 Å². The van der Waals surface area contributed by atoms with Crippen LogP contribution < -0.4 is 14.8 Å². The number of sulfonamides is 1. The summed E-state index contributed by atoms with van der Waals surface area (Å²) in [5.74, 6) is 0.899. The number of hydrogen-bond acceptors (Lipinski definition) is 6. The lowest BCUT2D eigenvalue weighted by Gasteiger charge is -2.37. The lowest BCUT2D eigenvalue weighted by molar-refractivity contribution is -0.127. The van der Waals surface area contributed by atoms with Gasteiger partial charge in [0.2, 0.25) is 15.9 Å². The minimum Gasteiger partial charge on any atom is -0.493 e. The Morgan fingerprint density at radius 1 is 1.07 bits per heavy atom. The molecule has 0 bridgehead atoms. The standard InChI is InChI=1S/C20H31N3O5S/c1-15(20(24)21-16-6-4-5-7-16)22-10-12-23(13-11-22)29(25,26)17-8-9-18(27-2)19(14-17)28-3/h8-9,14-16H,4-7,10-13H2,1-3H3,(H,21,24)/t15-/m1/s1. The van der Waals surface area contributed by atoms with E-state index in [-0.39, 0.29) is 22.9 Å². The molecule has 8 nitrogen and oxygen atoms in total. The van der Waals surface area contributed by atoms with Crippen molar-refractivity contribution < 1.29 is 22.7 Å². The van der Waals surface area contributed by atoms with Gasteiger partial charge < -0.3 is 14.8 Å². The first kappa shape index (κ1) is 21.9. The molecule has 29 heavy (non-hydrogen) atoms. The Morgan fingerprint density at radius 2 is 1.69 bits per heavy atom. The quantitative estimate of drug-likeness (QED) is 0.712. The van der Waals surface area contributed by atoms with Crippen LogP contribution in [0.2, 0.25) is 0 Å². The first-order valence-corrected chi connectivity index (χ1v) is 11.6. The van der Waals surface area contributed by atoms with Crippen molar-refractivity contribution in [2.24, 2.45) is 0 Å². The van der Waals surface area contributed by atoms with Crippen molar-refractivity contribution in [2.45, 2.75) is 49.6 Å². The van der Waals surface area contributed by atoms with E-state index in [2.05, 4.69) is 5.32 Å². The van der Waals surface area contributed by atoms with E-state index in [1.54, 1.807) is 6.07 Å². The number of rotatable bonds is 7. The van der Waals surface area contributed by atoms with Crippen LogP contribution in [0.25, 0.3) is 0 Å². The molecule has 9 heteroatoms. The summed E-state index contributed by atoms with van der Waals surface area (Å²) in [6, 6.07) is 4.63. The molecular weight excluding hydrogens is 394 g/mol. The van der Waals surface area contributed by atoms with Crippen LogP contribution in [0.4, 0.5) is 0 Å². The maximum absolute atomic E-state index is 13.0. The zero-order chi connectivity index (χ0) is 21.0. The zero-order valence-electron chi connectivity index (χ0n) is 17.4. The molecule has 1 N–H and O–H groups in total. The van der Waals surface area contributed by atoms with Crippen molar-refractivity contribution in [1.29, 1.82) is 0 Å². The van der Waals surface area contributed by atoms with Gasteiger partial charge in [-0.3, -0.25) is 9.69 Å². The minimum absolute atomic E-state index is 0.0353. The Bertz CT molecular complexity index is 815. The normalized spacial score (nSPS) is 20.4. The number of carbonyl (C=O) groups is 1. The van der Waals surface area contributed by atoms with Gasteiger partial charge in [-0.1, -0.05) is 12.8 Å². The molecule has 1 heterocycles. The van der Waals surface area contributed by atoms with Crippen molar-refractivity contribution in [1.82, 2.24) is 14.5 Å². The Balaban J connectivity index is 1.61. The van der Waals surface area contributed by atoms with Crippen LogP contribution in [-0.2, 0) is 14.8 Å². The molecule has 2 aliphatic rings. The van der Waals surface area contributed by atoms with Crippen LogP contribution in [0.3, 0.4) is 0 Å². The molecular formula is C20H31N3O5S. The highest BCUT2D eigenvalue weighted by Gasteiger charge is 2.33. The minimum atomic E-state index is -3.64. The van der Waals surface area contributed by atoms with Gasteiger partial charge in [0.15, 0.2) is 11.5 Å². The maximum Gasteiger partial charge on any atom is 0.243 e. The highest BCUT2D eigenvalue weighted by atomic mass is 32.2. The van der Waals surface area contributed by atoms with Crippen LogP contribution in [0.5, 0.6) is 11.5 Å². The molecule has 0 aromatic heterocycles. The van der Waals surface area contributed by atoms with Gasteiger partial charge in [0, 0.05) is 38.3 Å². The highest BCUT2D eigenvalue weighted by molar-refractivity contribution is 7.89. The highest BCUT2D eigenvalue weighted by Crippen LogP contribution is 2.31. The number of methoxy groups -OCH3 is 2. The van der Waals surface area contributed by atoms with Gasteiger partial charge in [-0.25, -0.2) is 8.42 Å². The van der Waals surface area contributed by atoms with E-state index in [0.29, 0.717) is 37.7 Å². The smallest absolute Gasteiger partial charge is 0.243 e. The molecule has 3 rings (SSSR count). The Hall–Kier alpha value is -1.84. The van der Waals surface area contributed by atoms with E-state index in [9.17, 15) is 13.2 Å². The molecule has 0 unspecified atom stereocenters. The van der Waals surface area contributed by atoms with Crippen LogP contribution in [-0.4, -0.2) is 76.0 Å². The van der Waals surface area contributed by atoms with Crippen LogP contribution in [0, 0.1) is 0 Å². The number of benzene rings is 1. The summed E-state index contributed by atoms with van der Waals surface area (Å²) in [5.41, 5.74) is 0. The molecule has 1 aliphatic heterocycles. The van der Waals surface area contributed by atoms with E-state index >= 15 is 0 Å². The van der Waals surface area contributed by atoms with Gasteiger partial charge in [-0.2, -0.15) is 4.31 Å². The maximum atomic E-state index is 13.0. The number of carbonyl (C=O) groups excluding carboxylic acids is 1. The summed E-state index contributed by atoms with van der Waals surface area (Å²) in [6.45, 7) is 3.62. The third-order valence-corrected chi connectivity index (χ3v) is 7.79. The molecule has 1 aromatic carbocycles. The van der Waals surface area contributed by atoms with Crippen LogP contribution >= 0.6 is 0 Å². The fourth-order valence-corrected chi connectivity index (χ4v) is 5.45. The summed E-state index contributed by atoms with van der Waals surface area (Å²) in [4.78, 5) is 14.7. The molecule has 0 radical (unpaired) electrons. The lowest BCUT2D eigenvalue weighted by Crippen LogP contribution is -2.55. The van der Waals surface area contributed by atoms with Crippen LogP contribution in [0.15, 0.2) is 23.1 Å². The average Bonchev–Trinajstić information content (AvgIpc) is 3.25. The lowest BCUT2D eigenvalue weighted by atomic mass is 10.2. The number of nitrogens with zero attached hydrogens (tertiary/aromatic N) is 2. The fraction of sp³-hybridized carbons (Fsp3) is 0.650. The zero-order valence-corrected chi connectivity index (χ0v) is 18.2. The second-order valence-electron chi connectivity index (χ2n) is 7.62. The van der Waals surface area contributed by atoms with Crippen LogP contribution in [0.1, 0.15) is 32.6 Å². The predicted molar refractivity (Wildman–Crippen MR) is 110 cm³/mol. The number of piperazine rings is 1. The van der Waals surface area contributed by atoms with Gasteiger partial charge >= 0.3 is 0 Å². The first-order chi connectivity index (χ1) is 13.9. The van der Waals surface area contributed by atoms with Crippen molar-refractivity contribution >= 4 is 15.9 Å².